The largest absolute Gasteiger partial charge is 0.508 e. The van der Waals surface area contributed by atoms with E-state index in [9.17, 15) is 9.90 Å². The van der Waals surface area contributed by atoms with Gasteiger partial charge in [-0.25, -0.2) is 0 Å². The number of rotatable bonds is 6. The molecule has 6 nitrogen and oxygen atoms in total. The second kappa shape index (κ2) is 9.25. The van der Waals surface area contributed by atoms with Gasteiger partial charge in [0.05, 0.1) is 6.07 Å². The fourth-order valence-corrected chi connectivity index (χ4v) is 2.43. The minimum atomic E-state index is -0.651. The number of hydrogen-bond acceptors (Lipinski definition) is 4. The van der Waals surface area contributed by atoms with E-state index < -0.39 is 6.04 Å². The van der Waals surface area contributed by atoms with Crippen molar-refractivity contribution >= 4 is 28.9 Å². The summed E-state index contributed by atoms with van der Waals surface area (Å²) in [4.78, 5) is 12.3. The summed E-state index contributed by atoms with van der Waals surface area (Å²) in [5, 5.41) is 26.8. The Hall–Kier alpha value is -3.11. The van der Waals surface area contributed by atoms with Gasteiger partial charge >= 0.3 is 0 Å². The predicted octanol–water partition coefficient (Wildman–Crippen LogP) is 1.93. The van der Waals surface area contributed by atoms with Crippen molar-refractivity contribution in [3.8, 4) is 11.8 Å². The number of benzene rings is 2. The Morgan fingerprint density at radius 1 is 1.16 bits per heavy atom. The van der Waals surface area contributed by atoms with Gasteiger partial charge in [-0.3, -0.25) is 4.79 Å². The molecule has 128 valence electrons. The van der Waals surface area contributed by atoms with Crippen molar-refractivity contribution in [2.75, 3.05) is 11.9 Å². The summed E-state index contributed by atoms with van der Waals surface area (Å²) in [6, 6.07) is 17.2. The number of nitrogens with zero attached hydrogens (tertiary/aromatic N) is 1. The van der Waals surface area contributed by atoms with E-state index in [1.165, 1.54) is 0 Å². The molecule has 0 aliphatic heterocycles. The average molecular weight is 354 g/mol. The Morgan fingerprint density at radius 2 is 1.84 bits per heavy atom. The lowest BCUT2D eigenvalue weighted by Crippen LogP contribution is -2.49. The SMILES string of the molecule is N#CCNC(=O)C(Cc1ccc(O)cc1)NC(=S)Nc1ccccc1. The van der Waals surface area contributed by atoms with Crippen molar-refractivity contribution in [2.24, 2.45) is 0 Å². The second-order valence-corrected chi connectivity index (χ2v) is 5.67. The van der Waals surface area contributed by atoms with E-state index in [0.29, 0.717) is 11.5 Å². The molecule has 4 N–H and O–H groups in total. The van der Waals surface area contributed by atoms with E-state index in [0.717, 1.165) is 11.3 Å². The molecule has 0 saturated carbocycles. The number of para-hydroxylation sites is 1. The molecule has 0 aliphatic carbocycles. The predicted molar refractivity (Wildman–Crippen MR) is 100 cm³/mol. The van der Waals surface area contributed by atoms with Gasteiger partial charge in [-0.05, 0) is 42.0 Å². The second-order valence-electron chi connectivity index (χ2n) is 5.26. The van der Waals surface area contributed by atoms with Crippen LogP contribution < -0.4 is 16.0 Å². The summed E-state index contributed by atoms with van der Waals surface area (Å²) in [5.74, 6) is -0.171. The van der Waals surface area contributed by atoms with Gasteiger partial charge in [0.15, 0.2) is 5.11 Å². The Bertz CT molecular complexity index is 757. The van der Waals surface area contributed by atoms with Gasteiger partial charge in [0.2, 0.25) is 5.91 Å². The molecule has 2 aromatic carbocycles. The zero-order valence-electron chi connectivity index (χ0n) is 13.4. The summed E-state index contributed by atoms with van der Waals surface area (Å²) < 4.78 is 0. The molecular formula is C18H18N4O2S. The van der Waals surface area contributed by atoms with Gasteiger partial charge in [-0.2, -0.15) is 5.26 Å². The van der Waals surface area contributed by atoms with Gasteiger partial charge in [0.1, 0.15) is 18.3 Å². The highest BCUT2D eigenvalue weighted by Gasteiger charge is 2.19. The Balaban J connectivity index is 2.05. The van der Waals surface area contributed by atoms with E-state index in [1.807, 2.05) is 36.4 Å². The monoisotopic (exact) mass is 354 g/mol. The summed E-state index contributed by atoms with van der Waals surface area (Å²) in [6.45, 7) is -0.0779. The van der Waals surface area contributed by atoms with Crippen LogP contribution in [0.2, 0.25) is 0 Å². The molecule has 2 aromatic rings. The molecule has 1 amide bonds. The quantitative estimate of drug-likeness (QED) is 0.467. The van der Waals surface area contributed by atoms with Crippen molar-refractivity contribution in [1.82, 2.24) is 10.6 Å². The number of nitrogens with one attached hydrogen (secondary N) is 3. The smallest absolute Gasteiger partial charge is 0.243 e. The molecule has 25 heavy (non-hydrogen) atoms. The average Bonchev–Trinajstić information content (AvgIpc) is 2.61. The Kier molecular flexibility index (Phi) is 6.75. The lowest BCUT2D eigenvalue weighted by atomic mass is 10.1. The Morgan fingerprint density at radius 3 is 2.48 bits per heavy atom. The van der Waals surface area contributed by atoms with Crippen molar-refractivity contribution in [3.05, 3.63) is 60.2 Å². The summed E-state index contributed by atoms with van der Waals surface area (Å²) in [5.41, 5.74) is 1.66. The normalized spacial score (nSPS) is 11.0. The standard InChI is InChI=1S/C18H18N4O2S/c19-10-11-20-17(24)16(12-13-6-8-15(23)9-7-13)22-18(25)21-14-4-2-1-3-5-14/h1-9,16,23H,11-12H2,(H,20,24)(H2,21,22,25). The number of carbonyl (C=O) groups excluding carboxylic acids is 1. The van der Waals surface area contributed by atoms with Crippen LogP contribution in [-0.2, 0) is 11.2 Å². The van der Waals surface area contributed by atoms with Gasteiger partial charge in [0, 0.05) is 12.1 Å². The molecule has 0 radical (unpaired) electrons. The highest BCUT2D eigenvalue weighted by Crippen LogP contribution is 2.12. The number of thiocarbonyl (C=S) groups is 1. The number of anilines is 1. The van der Waals surface area contributed by atoms with E-state index >= 15 is 0 Å². The third-order valence-corrected chi connectivity index (χ3v) is 3.59. The number of nitriles is 1. The zero-order chi connectivity index (χ0) is 18.1. The molecule has 0 saturated heterocycles. The number of amides is 1. The van der Waals surface area contributed by atoms with Crippen LogP contribution in [0.1, 0.15) is 5.56 Å². The van der Waals surface area contributed by atoms with Crippen molar-refractivity contribution < 1.29 is 9.90 Å². The summed E-state index contributed by atoms with van der Waals surface area (Å²) in [7, 11) is 0. The third-order valence-electron chi connectivity index (χ3n) is 3.37. The van der Waals surface area contributed by atoms with Crippen LogP contribution in [0.3, 0.4) is 0 Å². The number of phenols is 1. The maximum absolute atomic E-state index is 12.3. The first-order chi connectivity index (χ1) is 12.1. The van der Waals surface area contributed by atoms with Crippen molar-refractivity contribution in [3.63, 3.8) is 0 Å². The number of carbonyl (C=O) groups is 1. The summed E-state index contributed by atoms with van der Waals surface area (Å²) >= 11 is 5.27. The van der Waals surface area contributed by atoms with Crippen LogP contribution in [0.25, 0.3) is 0 Å². The maximum atomic E-state index is 12.3. The molecule has 0 aliphatic rings. The van der Waals surface area contributed by atoms with Crippen LogP contribution in [0, 0.1) is 11.3 Å². The molecule has 0 spiro atoms. The first-order valence-electron chi connectivity index (χ1n) is 7.63. The Labute approximate surface area is 151 Å². The van der Waals surface area contributed by atoms with Crippen molar-refractivity contribution in [2.45, 2.75) is 12.5 Å². The van der Waals surface area contributed by atoms with Crippen LogP contribution in [0.4, 0.5) is 5.69 Å². The molecule has 0 fully saturated rings. The fraction of sp³-hybridized carbons (Fsp3) is 0.167. The highest BCUT2D eigenvalue weighted by molar-refractivity contribution is 7.80. The molecule has 7 heteroatoms. The van der Waals surface area contributed by atoms with Crippen LogP contribution >= 0.6 is 12.2 Å². The van der Waals surface area contributed by atoms with Gasteiger partial charge in [-0.15, -0.1) is 0 Å². The van der Waals surface area contributed by atoms with E-state index in [4.69, 9.17) is 17.5 Å². The summed E-state index contributed by atoms with van der Waals surface area (Å²) in [6.07, 6.45) is 0.355. The lowest BCUT2D eigenvalue weighted by Gasteiger charge is -2.20. The highest BCUT2D eigenvalue weighted by atomic mass is 32.1. The molecule has 1 unspecified atom stereocenters. The van der Waals surface area contributed by atoms with Gasteiger partial charge in [-0.1, -0.05) is 30.3 Å². The number of aromatic hydroxyl groups is 1. The first kappa shape index (κ1) is 18.2. The van der Waals surface area contributed by atoms with Gasteiger partial charge < -0.3 is 21.1 Å². The van der Waals surface area contributed by atoms with E-state index in [2.05, 4.69) is 16.0 Å². The first-order valence-corrected chi connectivity index (χ1v) is 8.04. The molecule has 0 aromatic heterocycles. The fourth-order valence-electron chi connectivity index (χ4n) is 2.17. The minimum Gasteiger partial charge on any atom is -0.508 e. The number of hydrogen-bond donors (Lipinski definition) is 4. The number of phenolic OH excluding ortho intramolecular Hbond substituents is 1. The lowest BCUT2D eigenvalue weighted by molar-refractivity contribution is -0.122. The maximum Gasteiger partial charge on any atom is 0.243 e. The van der Waals surface area contributed by atoms with E-state index in [-0.39, 0.29) is 18.2 Å². The topological polar surface area (TPSA) is 97.2 Å². The molecule has 0 heterocycles. The molecule has 1 atom stereocenters. The van der Waals surface area contributed by atoms with Crippen LogP contribution in [0.5, 0.6) is 5.75 Å². The van der Waals surface area contributed by atoms with E-state index in [1.54, 1.807) is 24.3 Å². The van der Waals surface area contributed by atoms with Crippen LogP contribution in [0.15, 0.2) is 54.6 Å². The van der Waals surface area contributed by atoms with Crippen molar-refractivity contribution in [1.29, 1.82) is 5.26 Å². The van der Waals surface area contributed by atoms with Crippen LogP contribution in [-0.4, -0.2) is 28.7 Å². The minimum absolute atomic E-state index is 0.0779. The molecular weight excluding hydrogens is 336 g/mol. The third kappa shape index (κ3) is 6.12. The molecule has 2 rings (SSSR count). The zero-order valence-corrected chi connectivity index (χ0v) is 14.2. The molecule has 0 bridgehead atoms. The van der Waals surface area contributed by atoms with Gasteiger partial charge in [0.25, 0.3) is 0 Å².